The molecule has 0 aromatic heterocycles. The van der Waals surface area contributed by atoms with Crippen molar-refractivity contribution in [1.82, 2.24) is 5.32 Å². The van der Waals surface area contributed by atoms with Crippen molar-refractivity contribution in [2.75, 3.05) is 4.43 Å². The number of nitrogens with one attached hydrogen (secondary N) is 1. The monoisotopic (exact) mass is 255 g/mol. The Bertz CT molecular complexity index is 102. The average molecular weight is 255 g/mol. The van der Waals surface area contributed by atoms with E-state index < -0.39 is 0 Å². The van der Waals surface area contributed by atoms with Gasteiger partial charge in [-0.2, -0.15) is 0 Å². The Morgan fingerprint density at radius 2 is 2.00 bits per heavy atom. The number of halogens is 1. The first-order valence-corrected chi connectivity index (χ1v) is 5.12. The van der Waals surface area contributed by atoms with Crippen LogP contribution in [0.3, 0.4) is 0 Å². The minimum Gasteiger partial charge on any atom is -0.353 e. The molecule has 0 aliphatic rings. The lowest BCUT2D eigenvalue weighted by Crippen LogP contribution is -2.34. The van der Waals surface area contributed by atoms with E-state index in [4.69, 9.17) is 0 Å². The first-order chi connectivity index (χ1) is 4.74. The van der Waals surface area contributed by atoms with E-state index in [-0.39, 0.29) is 5.91 Å². The van der Waals surface area contributed by atoms with Crippen LogP contribution in [0.4, 0.5) is 0 Å². The highest BCUT2D eigenvalue weighted by molar-refractivity contribution is 14.1. The number of rotatable bonds is 4. The Balaban J connectivity index is 3.52. The van der Waals surface area contributed by atoms with Gasteiger partial charge in [-0.3, -0.25) is 4.79 Å². The van der Waals surface area contributed by atoms with E-state index >= 15 is 0 Å². The fraction of sp³-hybridized carbons (Fsp3) is 0.857. The lowest BCUT2D eigenvalue weighted by Gasteiger charge is -2.12. The van der Waals surface area contributed by atoms with Gasteiger partial charge in [0.25, 0.3) is 0 Å². The molecule has 0 atom stereocenters. The largest absolute Gasteiger partial charge is 0.353 e. The van der Waals surface area contributed by atoms with E-state index in [0.717, 1.165) is 12.8 Å². The molecule has 1 amide bonds. The zero-order valence-corrected chi connectivity index (χ0v) is 8.64. The Hall–Kier alpha value is 0.200. The third-order valence-electron chi connectivity index (χ3n) is 1.47. The number of alkyl halides is 1. The van der Waals surface area contributed by atoms with Crippen LogP contribution >= 0.6 is 22.6 Å². The van der Waals surface area contributed by atoms with Gasteiger partial charge in [-0.25, -0.2) is 0 Å². The SMILES string of the molecule is CCC(CC)NC(=O)CI. The summed E-state index contributed by atoms with van der Waals surface area (Å²) in [6.45, 7) is 4.17. The molecule has 2 nitrogen and oxygen atoms in total. The fourth-order valence-corrected chi connectivity index (χ4v) is 0.979. The van der Waals surface area contributed by atoms with Crippen LogP contribution in [0.2, 0.25) is 0 Å². The highest BCUT2D eigenvalue weighted by atomic mass is 127. The van der Waals surface area contributed by atoms with Crippen LogP contribution in [0.15, 0.2) is 0 Å². The predicted molar refractivity (Wildman–Crippen MR) is 51.4 cm³/mol. The summed E-state index contributed by atoms with van der Waals surface area (Å²) in [5, 5.41) is 2.92. The molecule has 0 spiro atoms. The number of hydrogen-bond acceptors (Lipinski definition) is 1. The Morgan fingerprint density at radius 1 is 1.50 bits per heavy atom. The third-order valence-corrected chi connectivity index (χ3v) is 2.16. The second-order valence-corrected chi connectivity index (χ2v) is 2.98. The predicted octanol–water partition coefficient (Wildman–Crippen LogP) is 1.73. The van der Waals surface area contributed by atoms with Crippen molar-refractivity contribution in [2.45, 2.75) is 32.7 Å². The van der Waals surface area contributed by atoms with E-state index in [1.807, 2.05) is 0 Å². The van der Waals surface area contributed by atoms with Gasteiger partial charge >= 0.3 is 0 Å². The van der Waals surface area contributed by atoms with Gasteiger partial charge < -0.3 is 5.32 Å². The van der Waals surface area contributed by atoms with Crippen LogP contribution in [0.1, 0.15) is 26.7 Å². The number of amides is 1. The van der Waals surface area contributed by atoms with Gasteiger partial charge in [-0.1, -0.05) is 36.4 Å². The van der Waals surface area contributed by atoms with Crippen LogP contribution in [0.25, 0.3) is 0 Å². The third kappa shape index (κ3) is 4.09. The molecule has 0 fully saturated rings. The molecule has 0 unspecified atom stereocenters. The van der Waals surface area contributed by atoms with E-state index in [0.29, 0.717) is 10.5 Å². The molecule has 0 heterocycles. The van der Waals surface area contributed by atoms with E-state index in [2.05, 4.69) is 41.8 Å². The Labute approximate surface area is 75.9 Å². The number of hydrogen-bond donors (Lipinski definition) is 1. The quantitative estimate of drug-likeness (QED) is 0.601. The van der Waals surface area contributed by atoms with Gasteiger partial charge in [0.2, 0.25) is 5.91 Å². The van der Waals surface area contributed by atoms with E-state index in [1.54, 1.807) is 0 Å². The van der Waals surface area contributed by atoms with Crippen LogP contribution in [0.5, 0.6) is 0 Å². The summed E-state index contributed by atoms with van der Waals surface area (Å²) in [6.07, 6.45) is 2.05. The molecule has 0 rings (SSSR count). The topological polar surface area (TPSA) is 29.1 Å². The summed E-state index contributed by atoms with van der Waals surface area (Å²) in [6, 6.07) is 0.377. The van der Waals surface area contributed by atoms with Crippen molar-refractivity contribution in [3.8, 4) is 0 Å². The standard InChI is InChI=1S/C7H14INO/c1-3-6(4-2)9-7(10)5-8/h6H,3-5H2,1-2H3,(H,9,10). The molecular formula is C7H14INO. The van der Waals surface area contributed by atoms with Crippen molar-refractivity contribution in [3.63, 3.8) is 0 Å². The van der Waals surface area contributed by atoms with Crippen LogP contribution in [-0.2, 0) is 4.79 Å². The van der Waals surface area contributed by atoms with Crippen molar-refractivity contribution in [3.05, 3.63) is 0 Å². The first kappa shape index (κ1) is 10.2. The molecule has 0 bridgehead atoms. The smallest absolute Gasteiger partial charge is 0.230 e. The van der Waals surface area contributed by atoms with Gasteiger partial charge in [0.1, 0.15) is 0 Å². The molecule has 0 aliphatic heterocycles. The molecule has 10 heavy (non-hydrogen) atoms. The van der Waals surface area contributed by atoms with Gasteiger partial charge in [0.05, 0.1) is 4.43 Å². The summed E-state index contributed by atoms with van der Waals surface area (Å²) in [5.41, 5.74) is 0. The van der Waals surface area contributed by atoms with Gasteiger partial charge in [0, 0.05) is 6.04 Å². The normalized spacial score (nSPS) is 10.0. The molecule has 0 aliphatic carbocycles. The summed E-state index contributed by atoms with van der Waals surface area (Å²) >= 11 is 2.07. The molecule has 0 aromatic rings. The maximum atomic E-state index is 10.8. The number of carbonyl (C=O) groups is 1. The van der Waals surface area contributed by atoms with Crippen molar-refractivity contribution < 1.29 is 4.79 Å². The molecular weight excluding hydrogens is 241 g/mol. The Morgan fingerprint density at radius 3 is 2.30 bits per heavy atom. The molecule has 0 radical (unpaired) electrons. The maximum Gasteiger partial charge on any atom is 0.230 e. The lowest BCUT2D eigenvalue weighted by atomic mass is 10.2. The van der Waals surface area contributed by atoms with Crippen molar-refractivity contribution >= 4 is 28.5 Å². The fourth-order valence-electron chi connectivity index (χ4n) is 0.759. The zero-order chi connectivity index (χ0) is 7.98. The molecule has 0 saturated carbocycles. The lowest BCUT2D eigenvalue weighted by molar-refractivity contribution is -0.119. The van der Waals surface area contributed by atoms with E-state index in [9.17, 15) is 4.79 Å². The summed E-state index contributed by atoms with van der Waals surface area (Å²) < 4.78 is 0.564. The summed E-state index contributed by atoms with van der Waals surface area (Å²) in [7, 11) is 0. The molecule has 0 saturated heterocycles. The van der Waals surface area contributed by atoms with Crippen molar-refractivity contribution in [1.29, 1.82) is 0 Å². The molecule has 0 aromatic carbocycles. The van der Waals surface area contributed by atoms with Gasteiger partial charge in [-0.05, 0) is 12.8 Å². The molecule has 3 heteroatoms. The first-order valence-electron chi connectivity index (χ1n) is 3.59. The van der Waals surface area contributed by atoms with Crippen LogP contribution < -0.4 is 5.32 Å². The summed E-state index contributed by atoms with van der Waals surface area (Å²) in [4.78, 5) is 10.8. The minimum absolute atomic E-state index is 0.148. The average Bonchev–Trinajstić information content (AvgIpc) is 1.99. The van der Waals surface area contributed by atoms with Gasteiger partial charge in [0.15, 0.2) is 0 Å². The van der Waals surface area contributed by atoms with E-state index in [1.165, 1.54) is 0 Å². The molecule has 60 valence electrons. The Kier molecular flexibility index (Phi) is 6.06. The second-order valence-electron chi connectivity index (χ2n) is 2.21. The number of carbonyl (C=O) groups excluding carboxylic acids is 1. The van der Waals surface area contributed by atoms with Crippen molar-refractivity contribution in [2.24, 2.45) is 0 Å². The summed E-state index contributed by atoms with van der Waals surface area (Å²) in [5.74, 6) is 0.148. The van der Waals surface area contributed by atoms with Gasteiger partial charge in [-0.15, -0.1) is 0 Å². The zero-order valence-electron chi connectivity index (χ0n) is 6.48. The highest BCUT2D eigenvalue weighted by Gasteiger charge is 2.05. The maximum absolute atomic E-state index is 10.8. The van der Waals surface area contributed by atoms with Crippen LogP contribution in [0, 0.1) is 0 Å². The second kappa shape index (κ2) is 5.95. The van der Waals surface area contributed by atoms with Crippen LogP contribution in [-0.4, -0.2) is 16.4 Å². The molecule has 1 N–H and O–H groups in total. The minimum atomic E-state index is 0.148. The highest BCUT2D eigenvalue weighted by Crippen LogP contribution is 1.95.